The van der Waals surface area contributed by atoms with Gasteiger partial charge in [0, 0.05) is 25.5 Å². The first-order valence-electron chi connectivity index (χ1n) is 11.4. The Balaban J connectivity index is 3.07. The third kappa shape index (κ3) is 5.94. The van der Waals surface area contributed by atoms with Crippen molar-refractivity contribution in [1.29, 1.82) is 0 Å². The number of ether oxygens (including phenoxy) is 3. The second kappa shape index (κ2) is 11.9. The Kier molecular flexibility index (Phi) is 9.98. The van der Waals surface area contributed by atoms with Crippen molar-refractivity contribution in [3.63, 3.8) is 0 Å². The first-order chi connectivity index (χ1) is 16.0. The summed E-state index contributed by atoms with van der Waals surface area (Å²) in [6.45, 7) is 13.8. The molecular weight excluding hydrogens is 489 g/mol. The molecule has 10 heteroatoms. The Labute approximate surface area is 207 Å². The van der Waals surface area contributed by atoms with Gasteiger partial charge in [0.2, 0.25) is 0 Å². The predicted octanol–water partition coefficient (Wildman–Crippen LogP) is 3.67. The van der Waals surface area contributed by atoms with Crippen LogP contribution in [0, 0.1) is 0 Å². The number of methoxy groups -OCH3 is 3. The summed E-state index contributed by atoms with van der Waals surface area (Å²) in [7, 11) is -2.61. The minimum Gasteiger partial charge on any atom is -0.496 e. The second-order valence-corrected chi connectivity index (χ2v) is 17.3. The standard InChI is InChI=1S/C24H38NO6PSSi/c1-10-25(11-2)32(23-19(29-5)16-18(28-4)17-20(23)30-6)21-14-13-15-22(34(7,8)9)24(21)33(26,27)31-12-3/h13-17H,10-12H2,1-9H3. The van der Waals surface area contributed by atoms with E-state index in [-0.39, 0.29) is 11.5 Å². The Morgan fingerprint density at radius 1 is 0.912 bits per heavy atom. The summed E-state index contributed by atoms with van der Waals surface area (Å²) in [6.07, 6.45) is 0. The lowest BCUT2D eigenvalue weighted by Crippen LogP contribution is -2.45. The molecule has 0 fully saturated rings. The molecule has 2 rings (SSSR count). The molecule has 0 N–H and O–H groups in total. The lowest BCUT2D eigenvalue weighted by molar-refractivity contribution is 0.338. The first kappa shape index (κ1) is 28.6. The zero-order valence-corrected chi connectivity index (χ0v) is 24.5. The molecule has 0 spiro atoms. The van der Waals surface area contributed by atoms with E-state index in [1.165, 1.54) is 0 Å². The van der Waals surface area contributed by atoms with E-state index in [4.69, 9.17) is 18.4 Å². The van der Waals surface area contributed by atoms with Crippen LogP contribution in [0.1, 0.15) is 20.8 Å². The van der Waals surface area contributed by atoms with Crippen LogP contribution in [0.3, 0.4) is 0 Å². The van der Waals surface area contributed by atoms with E-state index in [0.717, 1.165) is 10.5 Å². The molecule has 0 aliphatic heterocycles. The summed E-state index contributed by atoms with van der Waals surface area (Å²) in [4.78, 5) is 0.286. The second-order valence-electron chi connectivity index (χ2n) is 8.60. The molecule has 1 unspecified atom stereocenters. The van der Waals surface area contributed by atoms with Gasteiger partial charge in [0.15, 0.2) is 0 Å². The summed E-state index contributed by atoms with van der Waals surface area (Å²) in [5.74, 6) is 1.78. The van der Waals surface area contributed by atoms with Gasteiger partial charge in [-0.2, -0.15) is 8.42 Å². The van der Waals surface area contributed by atoms with Crippen LogP contribution in [0.4, 0.5) is 0 Å². The Morgan fingerprint density at radius 2 is 1.47 bits per heavy atom. The highest BCUT2D eigenvalue weighted by Gasteiger charge is 2.37. The van der Waals surface area contributed by atoms with Crippen molar-refractivity contribution >= 4 is 42.1 Å². The molecule has 0 radical (unpaired) electrons. The van der Waals surface area contributed by atoms with Crippen molar-refractivity contribution in [3.05, 3.63) is 30.3 Å². The van der Waals surface area contributed by atoms with Gasteiger partial charge in [-0.25, -0.2) is 0 Å². The molecule has 0 saturated heterocycles. The minimum atomic E-state index is -3.99. The summed E-state index contributed by atoms with van der Waals surface area (Å²) < 4.78 is 51.8. The molecule has 7 nitrogen and oxygen atoms in total. The van der Waals surface area contributed by atoms with Gasteiger partial charge in [-0.3, -0.25) is 8.85 Å². The fourth-order valence-corrected chi connectivity index (χ4v) is 11.0. The molecule has 190 valence electrons. The summed E-state index contributed by atoms with van der Waals surface area (Å²) in [5, 5.41) is 2.38. The van der Waals surface area contributed by atoms with E-state index >= 15 is 0 Å². The average molecular weight is 528 g/mol. The van der Waals surface area contributed by atoms with E-state index in [1.54, 1.807) is 28.3 Å². The summed E-state index contributed by atoms with van der Waals surface area (Å²) in [5.41, 5.74) is 0. The third-order valence-corrected chi connectivity index (χ3v) is 12.1. The van der Waals surface area contributed by atoms with Crippen LogP contribution in [-0.2, 0) is 14.3 Å². The van der Waals surface area contributed by atoms with Crippen LogP contribution in [0.25, 0.3) is 0 Å². The van der Waals surface area contributed by atoms with Gasteiger partial charge in [0.25, 0.3) is 10.1 Å². The molecule has 0 aliphatic rings. The fourth-order valence-electron chi connectivity index (χ4n) is 3.88. The van der Waals surface area contributed by atoms with E-state index in [1.807, 2.05) is 30.3 Å². The van der Waals surface area contributed by atoms with Crippen LogP contribution in [0.15, 0.2) is 35.2 Å². The third-order valence-electron chi connectivity index (χ3n) is 5.47. The highest BCUT2D eigenvalue weighted by molar-refractivity contribution is 7.88. The van der Waals surface area contributed by atoms with Gasteiger partial charge in [-0.15, -0.1) is 0 Å². The zero-order valence-electron chi connectivity index (χ0n) is 21.8. The van der Waals surface area contributed by atoms with E-state index < -0.39 is 26.3 Å². The Morgan fingerprint density at radius 3 is 1.88 bits per heavy atom. The van der Waals surface area contributed by atoms with Crippen LogP contribution >= 0.6 is 8.07 Å². The quantitative estimate of drug-likeness (QED) is 0.237. The van der Waals surface area contributed by atoms with Crippen molar-refractivity contribution in [2.24, 2.45) is 0 Å². The van der Waals surface area contributed by atoms with Gasteiger partial charge in [-0.1, -0.05) is 51.7 Å². The molecule has 0 aromatic heterocycles. The van der Waals surface area contributed by atoms with Crippen molar-refractivity contribution in [3.8, 4) is 17.2 Å². The molecule has 0 saturated carbocycles. The summed E-state index contributed by atoms with van der Waals surface area (Å²) >= 11 is 0. The number of rotatable bonds is 12. The van der Waals surface area contributed by atoms with Gasteiger partial charge in [0.05, 0.1) is 41.3 Å². The molecular formula is C24H38NO6PSSi. The molecule has 34 heavy (non-hydrogen) atoms. The minimum absolute atomic E-state index is 0.0696. The molecule has 1 atom stereocenters. The maximum atomic E-state index is 13.6. The van der Waals surface area contributed by atoms with Crippen molar-refractivity contribution in [1.82, 2.24) is 4.67 Å². The van der Waals surface area contributed by atoms with Crippen molar-refractivity contribution in [2.75, 3.05) is 41.0 Å². The maximum absolute atomic E-state index is 13.6. The average Bonchev–Trinajstić information content (AvgIpc) is 2.80. The molecule has 0 bridgehead atoms. The normalized spacial score (nSPS) is 13.1. The molecule has 2 aromatic carbocycles. The molecule has 0 amide bonds. The zero-order chi connectivity index (χ0) is 25.7. The highest BCUT2D eigenvalue weighted by atomic mass is 32.2. The topological polar surface area (TPSA) is 74.3 Å². The molecule has 0 aliphatic carbocycles. The maximum Gasteiger partial charge on any atom is 0.297 e. The van der Waals surface area contributed by atoms with E-state index in [2.05, 4.69) is 38.2 Å². The van der Waals surface area contributed by atoms with Crippen molar-refractivity contribution in [2.45, 2.75) is 45.3 Å². The largest absolute Gasteiger partial charge is 0.496 e. The van der Waals surface area contributed by atoms with Gasteiger partial charge in [0.1, 0.15) is 22.1 Å². The van der Waals surface area contributed by atoms with Crippen LogP contribution < -0.4 is 30.0 Å². The Hall–Kier alpha value is -1.64. The van der Waals surface area contributed by atoms with Gasteiger partial charge in [-0.05, 0) is 25.2 Å². The number of hydrogen-bond donors (Lipinski definition) is 0. The number of hydrogen-bond acceptors (Lipinski definition) is 7. The summed E-state index contributed by atoms with van der Waals surface area (Å²) in [6, 6.07) is 9.42. The smallest absolute Gasteiger partial charge is 0.297 e. The van der Waals surface area contributed by atoms with Crippen LogP contribution in [0.2, 0.25) is 19.6 Å². The van der Waals surface area contributed by atoms with E-state index in [0.29, 0.717) is 35.6 Å². The fraction of sp³-hybridized carbons (Fsp3) is 0.500. The molecule has 0 heterocycles. The molecule has 2 aromatic rings. The SMILES string of the molecule is CCOS(=O)(=O)c1c(P(c2c(OC)cc(OC)cc2OC)N(CC)CC)cccc1[Si](C)(C)C. The lowest BCUT2D eigenvalue weighted by Gasteiger charge is -2.34. The predicted molar refractivity (Wildman–Crippen MR) is 143 cm³/mol. The Bertz CT molecular complexity index is 1060. The van der Waals surface area contributed by atoms with Crippen LogP contribution in [0.5, 0.6) is 17.2 Å². The number of benzene rings is 2. The van der Waals surface area contributed by atoms with Gasteiger partial charge < -0.3 is 14.2 Å². The monoisotopic (exact) mass is 527 g/mol. The highest BCUT2D eigenvalue weighted by Crippen LogP contribution is 2.47. The van der Waals surface area contributed by atoms with Crippen LogP contribution in [-0.4, -0.2) is 62.2 Å². The van der Waals surface area contributed by atoms with Crippen molar-refractivity contribution < 1.29 is 26.8 Å². The van der Waals surface area contributed by atoms with E-state index in [9.17, 15) is 8.42 Å². The first-order valence-corrected chi connectivity index (χ1v) is 17.6. The number of nitrogens with zero attached hydrogens (tertiary/aromatic N) is 1. The van der Waals surface area contributed by atoms with Gasteiger partial charge >= 0.3 is 0 Å². The lowest BCUT2D eigenvalue weighted by atomic mass is 10.3.